The van der Waals surface area contributed by atoms with Crippen LogP contribution in [0.1, 0.15) is 29.7 Å². The summed E-state index contributed by atoms with van der Waals surface area (Å²) in [6.45, 7) is 11.0. The number of amides is 1. The van der Waals surface area contributed by atoms with E-state index in [9.17, 15) is 4.79 Å². The molecule has 1 saturated heterocycles. The van der Waals surface area contributed by atoms with Crippen LogP contribution in [0.5, 0.6) is 0 Å². The molecule has 5 heteroatoms. The van der Waals surface area contributed by atoms with Crippen LogP contribution >= 0.6 is 11.6 Å². The van der Waals surface area contributed by atoms with Crippen LogP contribution in [0.4, 0.5) is 5.69 Å². The van der Waals surface area contributed by atoms with E-state index in [1.807, 2.05) is 44.2 Å². The molecule has 1 heterocycles. The number of piperazine rings is 1. The molecule has 0 unspecified atom stereocenters. The van der Waals surface area contributed by atoms with Crippen molar-refractivity contribution in [3.05, 3.63) is 64.2 Å². The summed E-state index contributed by atoms with van der Waals surface area (Å²) in [7, 11) is 0. The van der Waals surface area contributed by atoms with Crippen LogP contribution < -0.4 is 15.1 Å². The summed E-state index contributed by atoms with van der Waals surface area (Å²) in [6.07, 6.45) is 0. The monoisotopic (exact) mass is 387 g/mol. The van der Waals surface area contributed by atoms with Gasteiger partial charge >= 0.3 is 0 Å². The second kappa shape index (κ2) is 8.87. The van der Waals surface area contributed by atoms with E-state index in [2.05, 4.69) is 24.4 Å². The lowest BCUT2D eigenvalue weighted by molar-refractivity contribution is -1.02. The van der Waals surface area contributed by atoms with Crippen LogP contribution in [0.15, 0.2) is 42.5 Å². The molecular weight excluding hydrogens is 358 g/mol. The van der Waals surface area contributed by atoms with E-state index in [1.165, 1.54) is 10.5 Å². The summed E-state index contributed by atoms with van der Waals surface area (Å²) in [6, 6.07) is 14.6. The summed E-state index contributed by atoms with van der Waals surface area (Å²) in [5.74, 6) is 0.102. The van der Waals surface area contributed by atoms with Crippen molar-refractivity contribution in [2.24, 2.45) is 0 Å². The SMILES string of the molecule is Cc1cccc(C)c1NC(=O)C[NH+]1CC[NH+]([C@H](C)c2ccccc2Cl)CC1. The average Bonchev–Trinajstić information content (AvgIpc) is 2.65. The Bertz CT molecular complexity index is 780. The minimum atomic E-state index is 0.102. The first kappa shape index (κ1) is 19.9. The van der Waals surface area contributed by atoms with Crippen LogP contribution in [0.3, 0.4) is 0 Å². The van der Waals surface area contributed by atoms with Crippen molar-refractivity contribution in [3.63, 3.8) is 0 Å². The molecule has 27 heavy (non-hydrogen) atoms. The molecule has 2 aromatic carbocycles. The number of nitrogens with one attached hydrogen (secondary N) is 3. The molecule has 4 nitrogen and oxygen atoms in total. The summed E-state index contributed by atoms with van der Waals surface area (Å²) >= 11 is 6.37. The number of rotatable bonds is 5. The van der Waals surface area contributed by atoms with E-state index in [0.29, 0.717) is 12.6 Å². The molecule has 0 aromatic heterocycles. The maximum absolute atomic E-state index is 12.5. The average molecular weight is 388 g/mol. The summed E-state index contributed by atoms with van der Waals surface area (Å²) in [5, 5.41) is 3.96. The van der Waals surface area contributed by atoms with Crippen molar-refractivity contribution in [2.75, 3.05) is 38.0 Å². The molecule has 3 rings (SSSR count). The lowest BCUT2D eigenvalue weighted by Gasteiger charge is -2.33. The Labute approximate surface area is 167 Å². The van der Waals surface area contributed by atoms with Gasteiger partial charge in [0.1, 0.15) is 32.2 Å². The third-order valence-corrected chi connectivity index (χ3v) is 6.08. The highest BCUT2D eigenvalue weighted by Gasteiger charge is 2.29. The zero-order valence-corrected chi connectivity index (χ0v) is 17.2. The molecular formula is C22H30ClN3O+2. The fourth-order valence-corrected chi connectivity index (χ4v) is 4.30. The van der Waals surface area contributed by atoms with Crippen LogP contribution in [0.25, 0.3) is 0 Å². The third kappa shape index (κ3) is 4.89. The standard InChI is InChI=1S/C22H28ClN3O/c1-16-7-6-8-17(2)22(16)24-21(27)15-25-11-13-26(14-12-25)18(3)19-9-4-5-10-20(19)23/h4-10,18H,11-15H2,1-3H3,(H,24,27)/p+2/t18-/m1/s1. The fourth-order valence-electron chi connectivity index (χ4n) is 4.00. The number of para-hydroxylation sites is 1. The predicted octanol–water partition coefficient (Wildman–Crippen LogP) is 1.44. The number of carbonyl (C=O) groups is 1. The maximum Gasteiger partial charge on any atom is 0.279 e. The van der Waals surface area contributed by atoms with Crippen molar-refractivity contribution < 1.29 is 14.6 Å². The van der Waals surface area contributed by atoms with E-state index < -0.39 is 0 Å². The number of carbonyl (C=O) groups excluding carboxylic acids is 1. The van der Waals surface area contributed by atoms with Gasteiger partial charge in [-0.25, -0.2) is 0 Å². The molecule has 2 aromatic rings. The number of aryl methyl sites for hydroxylation is 2. The molecule has 1 amide bonds. The van der Waals surface area contributed by atoms with Crippen molar-refractivity contribution in [1.29, 1.82) is 0 Å². The predicted molar refractivity (Wildman–Crippen MR) is 111 cm³/mol. The normalized spacial score (nSPS) is 20.9. The van der Waals surface area contributed by atoms with Crippen LogP contribution in [-0.2, 0) is 4.79 Å². The lowest BCUT2D eigenvalue weighted by Crippen LogP contribution is -3.28. The Hall–Kier alpha value is -1.88. The molecule has 1 aliphatic rings. The first-order valence-corrected chi connectivity index (χ1v) is 10.1. The quantitative estimate of drug-likeness (QED) is 0.713. The Balaban J connectivity index is 1.52. The zero-order chi connectivity index (χ0) is 19.4. The Morgan fingerprint density at radius 3 is 2.30 bits per heavy atom. The Morgan fingerprint density at radius 1 is 1.04 bits per heavy atom. The van der Waals surface area contributed by atoms with Gasteiger partial charge in [-0.1, -0.05) is 48.0 Å². The second-order valence-electron chi connectivity index (χ2n) is 7.64. The minimum absolute atomic E-state index is 0.102. The molecule has 1 atom stereocenters. The third-order valence-electron chi connectivity index (χ3n) is 5.74. The van der Waals surface area contributed by atoms with E-state index in [0.717, 1.165) is 48.0 Å². The van der Waals surface area contributed by atoms with E-state index >= 15 is 0 Å². The van der Waals surface area contributed by atoms with Crippen molar-refractivity contribution in [1.82, 2.24) is 0 Å². The zero-order valence-electron chi connectivity index (χ0n) is 16.4. The van der Waals surface area contributed by atoms with Crippen molar-refractivity contribution >= 4 is 23.2 Å². The maximum atomic E-state index is 12.5. The van der Waals surface area contributed by atoms with Gasteiger partial charge in [0, 0.05) is 16.3 Å². The number of hydrogen-bond donors (Lipinski definition) is 3. The lowest BCUT2D eigenvalue weighted by atomic mass is 10.1. The number of hydrogen-bond acceptors (Lipinski definition) is 1. The number of quaternary nitrogens is 2. The molecule has 0 radical (unpaired) electrons. The highest BCUT2D eigenvalue weighted by atomic mass is 35.5. The first-order valence-electron chi connectivity index (χ1n) is 9.74. The van der Waals surface area contributed by atoms with Gasteiger partial charge in [0.25, 0.3) is 5.91 Å². The van der Waals surface area contributed by atoms with E-state index in [1.54, 1.807) is 4.90 Å². The largest absolute Gasteiger partial charge is 0.321 e. The van der Waals surface area contributed by atoms with Gasteiger partial charge in [-0.2, -0.15) is 0 Å². The fraction of sp³-hybridized carbons (Fsp3) is 0.409. The first-order chi connectivity index (χ1) is 13.0. The van der Waals surface area contributed by atoms with Gasteiger partial charge in [0.2, 0.25) is 0 Å². The van der Waals surface area contributed by atoms with E-state index in [4.69, 9.17) is 11.6 Å². The molecule has 0 bridgehead atoms. The topological polar surface area (TPSA) is 38.0 Å². The number of halogens is 1. The van der Waals surface area contributed by atoms with E-state index in [-0.39, 0.29) is 5.91 Å². The van der Waals surface area contributed by atoms with Crippen molar-refractivity contribution in [2.45, 2.75) is 26.8 Å². The highest BCUT2D eigenvalue weighted by molar-refractivity contribution is 6.31. The van der Waals surface area contributed by atoms with Gasteiger partial charge in [-0.05, 0) is 38.0 Å². The smallest absolute Gasteiger partial charge is 0.279 e. The second-order valence-corrected chi connectivity index (χ2v) is 8.05. The molecule has 0 spiro atoms. The molecule has 3 N–H and O–H groups in total. The summed E-state index contributed by atoms with van der Waals surface area (Å²) in [5.41, 5.74) is 4.39. The van der Waals surface area contributed by atoms with Crippen LogP contribution in [-0.4, -0.2) is 38.6 Å². The van der Waals surface area contributed by atoms with Crippen LogP contribution in [0.2, 0.25) is 5.02 Å². The molecule has 0 aliphatic carbocycles. The minimum Gasteiger partial charge on any atom is -0.321 e. The van der Waals surface area contributed by atoms with Gasteiger partial charge in [-0.3, -0.25) is 4.79 Å². The number of anilines is 1. The van der Waals surface area contributed by atoms with Gasteiger partial charge < -0.3 is 15.1 Å². The van der Waals surface area contributed by atoms with Crippen LogP contribution in [0, 0.1) is 13.8 Å². The van der Waals surface area contributed by atoms with Gasteiger partial charge in [0.05, 0.1) is 0 Å². The Kier molecular flexibility index (Phi) is 6.53. The number of benzene rings is 2. The summed E-state index contributed by atoms with van der Waals surface area (Å²) in [4.78, 5) is 15.4. The molecule has 0 saturated carbocycles. The van der Waals surface area contributed by atoms with Gasteiger partial charge in [-0.15, -0.1) is 0 Å². The van der Waals surface area contributed by atoms with Crippen molar-refractivity contribution in [3.8, 4) is 0 Å². The molecule has 1 aliphatic heterocycles. The molecule has 144 valence electrons. The highest BCUT2D eigenvalue weighted by Crippen LogP contribution is 2.20. The van der Waals surface area contributed by atoms with Gasteiger partial charge in [0.15, 0.2) is 6.54 Å². The molecule has 1 fully saturated rings. The Morgan fingerprint density at radius 2 is 1.67 bits per heavy atom. The summed E-state index contributed by atoms with van der Waals surface area (Å²) < 4.78 is 0.